The third-order valence-electron chi connectivity index (χ3n) is 4.09. The molecule has 1 aliphatic carbocycles. The molecule has 0 saturated heterocycles. The highest BCUT2D eigenvalue weighted by atomic mass is 16.5. The van der Waals surface area contributed by atoms with Gasteiger partial charge in [-0.15, -0.1) is 0 Å². The van der Waals surface area contributed by atoms with Gasteiger partial charge in [0.15, 0.2) is 0 Å². The lowest BCUT2D eigenvalue weighted by molar-refractivity contribution is -0.0681. The Labute approximate surface area is 112 Å². The summed E-state index contributed by atoms with van der Waals surface area (Å²) in [6.45, 7) is 10.9. The average molecular weight is 257 g/mol. The maximum atomic E-state index is 9.81. The van der Waals surface area contributed by atoms with Gasteiger partial charge in [0.2, 0.25) is 0 Å². The second-order valence-corrected chi connectivity index (χ2v) is 6.16. The minimum atomic E-state index is -0.380. The zero-order chi connectivity index (χ0) is 13.5. The quantitative estimate of drug-likeness (QED) is 0.736. The Bertz CT molecular complexity index is 221. The van der Waals surface area contributed by atoms with E-state index < -0.39 is 0 Å². The number of nitrogens with one attached hydrogen (secondary N) is 1. The van der Waals surface area contributed by atoms with E-state index in [1.807, 2.05) is 6.92 Å². The summed E-state index contributed by atoms with van der Waals surface area (Å²) in [7, 11) is 0. The zero-order valence-electron chi connectivity index (χ0n) is 12.5. The Hall–Kier alpha value is -0.120. The van der Waals surface area contributed by atoms with Gasteiger partial charge in [0.25, 0.3) is 0 Å². The molecule has 0 amide bonds. The van der Waals surface area contributed by atoms with Crippen molar-refractivity contribution in [2.24, 2.45) is 17.8 Å². The van der Waals surface area contributed by atoms with E-state index in [0.29, 0.717) is 31.1 Å². The maximum absolute atomic E-state index is 9.81. The molecule has 0 aromatic carbocycles. The highest BCUT2D eigenvalue weighted by Gasteiger charge is 2.31. The van der Waals surface area contributed by atoms with E-state index in [-0.39, 0.29) is 6.10 Å². The Balaban J connectivity index is 2.36. The smallest absolute Gasteiger partial charge is 0.0897 e. The van der Waals surface area contributed by atoms with Gasteiger partial charge in [-0.2, -0.15) is 0 Å². The average Bonchev–Trinajstić information content (AvgIpc) is 2.33. The van der Waals surface area contributed by atoms with Gasteiger partial charge in [0.1, 0.15) is 0 Å². The summed E-state index contributed by atoms with van der Waals surface area (Å²) in [4.78, 5) is 0. The summed E-state index contributed by atoms with van der Waals surface area (Å²) in [6, 6.07) is 0. The van der Waals surface area contributed by atoms with Crippen molar-refractivity contribution in [1.82, 2.24) is 5.32 Å². The van der Waals surface area contributed by atoms with Crippen LogP contribution in [0.15, 0.2) is 0 Å². The van der Waals surface area contributed by atoms with E-state index in [4.69, 9.17) is 4.74 Å². The third-order valence-corrected chi connectivity index (χ3v) is 4.09. The minimum absolute atomic E-state index is 0.338. The predicted octanol–water partition coefficient (Wildman–Crippen LogP) is 2.43. The monoisotopic (exact) mass is 257 g/mol. The van der Waals surface area contributed by atoms with Crippen molar-refractivity contribution in [2.45, 2.75) is 59.2 Å². The maximum Gasteiger partial charge on any atom is 0.0897 e. The molecule has 18 heavy (non-hydrogen) atoms. The molecule has 0 aliphatic heterocycles. The Morgan fingerprint density at radius 1 is 1.33 bits per heavy atom. The topological polar surface area (TPSA) is 41.5 Å². The standard InChI is InChI=1S/C15H31NO2/c1-5-16-9-13(17)10-18-15-8-12(4)6-7-14(15)11(2)3/h11-17H,5-10H2,1-4H3. The first-order valence-electron chi connectivity index (χ1n) is 7.54. The molecule has 0 aromatic rings. The van der Waals surface area contributed by atoms with Crippen molar-refractivity contribution in [3.8, 4) is 0 Å². The molecule has 0 spiro atoms. The van der Waals surface area contributed by atoms with E-state index in [0.717, 1.165) is 18.9 Å². The largest absolute Gasteiger partial charge is 0.389 e. The normalized spacial score (nSPS) is 30.7. The first kappa shape index (κ1) is 15.9. The second kappa shape index (κ2) is 8.13. The third kappa shape index (κ3) is 5.25. The van der Waals surface area contributed by atoms with Gasteiger partial charge in [-0.1, -0.05) is 34.1 Å². The molecule has 3 heteroatoms. The summed E-state index contributed by atoms with van der Waals surface area (Å²) >= 11 is 0. The van der Waals surface area contributed by atoms with Crippen LogP contribution in [0.5, 0.6) is 0 Å². The molecule has 108 valence electrons. The second-order valence-electron chi connectivity index (χ2n) is 6.16. The number of aliphatic hydroxyl groups is 1. The van der Waals surface area contributed by atoms with Gasteiger partial charge in [0, 0.05) is 6.54 Å². The van der Waals surface area contributed by atoms with Crippen LogP contribution in [0.2, 0.25) is 0 Å². The van der Waals surface area contributed by atoms with Crippen LogP contribution in [0, 0.1) is 17.8 Å². The number of likely N-dealkylation sites (N-methyl/N-ethyl adjacent to an activating group) is 1. The van der Waals surface area contributed by atoms with Crippen LogP contribution < -0.4 is 5.32 Å². The van der Waals surface area contributed by atoms with E-state index in [2.05, 4.69) is 26.1 Å². The van der Waals surface area contributed by atoms with Crippen molar-refractivity contribution in [3.63, 3.8) is 0 Å². The summed E-state index contributed by atoms with van der Waals surface area (Å²) in [5.41, 5.74) is 0. The van der Waals surface area contributed by atoms with Gasteiger partial charge in [-0.3, -0.25) is 0 Å². The number of aliphatic hydroxyl groups excluding tert-OH is 1. The molecular formula is C15H31NO2. The lowest BCUT2D eigenvalue weighted by Gasteiger charge is -2.37. The molecule has 1 saturated carbocycles. The molecule has 2 N–H and O–H groups in total. The molecule has 1 rings (SSSR count). The number of hydrogen-bond donors (Lipinski definition) is 2. The molecule has 1 fully saturated rings. The van der Waals surface area contributed by atoms with Crippen LogP contribution in [0.3, 0.4) is 0 Å². The van der Waals surface area contributed by atoms with Gasteiger partial charge in [0.05, 0.1) is 18.8 Å². The lowest BCUT2D eigenvalue weighted by atomic mass is 9.75. The molecule has 0 bridgehead atoms. The molecule has 4 atom stereocenters. The Kier molecular flexibility index (Phi) is 7.20. The van der Waals surface area contributed by atoms with E-state index in [1.54, 1.807) is 0 Å². The minimum Gasteiger partial charge on any atom is -0.389 e. The van der Waals surface area contributed by atoms with Crippen LogP contribution in [-0.2, 0) is 4.74 Å². The number of hydrogen-bond acceptors (Lipinski definition) is 3. The van der Waals surface area contributed by atoms with Gasteiger partial charge in [-0.05, 0) is 37.1 Å². The fraction of sp³-hybridized carbons (Fsp3) is 1.00. The van der Waals surface area contributed by atoms with Crippen molar-refractivity contribution in [1.29, 1.82) is 0 Å². The molecule has 1 aliphatic rings. The first-order valence-corrected chi connectivity index (χ1v) is 7.54. The highest BCUT2D eigenvalue weighted by Crippen LogP contribution is 2.35. The van der Waals surface area contributed by atoms with E-state index in [9.17, 15) is 5.11 Å². The summed E-state index contributed by atoms with van der Waals surface area (Å²) in [5, 5.41) is 13.0. The fourth-order valence-electron chi connectivity index (χ4n) is 2.91. The SMILES string of the molecule is CCNCC(O)COC1CC(C)CCC1C(C)C. The lowest BCUT2D eigenvalue weighted by Crippen LogP contribution is -2.38. The van der Waals surface area contributed by atoms with E-state index in [1.165, 1.54) is 12.8 Å². The molecule has 4 unspecified atom stereocenters. The van der Waals surface area contributed by atoms with Crippen molar-refractivity contribution in [2.75, 3.05) is 19.7 Å². The van der Waals surface area contributed by atoms with Crippen molar-refractivity contribution < 1.29 is 9.84 Å². The van der Waals surface area contributed by atoms with Gasteiger partial charge in [-0.25, -0.2) is 0 Å². The summed E-state index contributed by atoms with van der Waals surface area (Å²) < 4.78 is 6.00. The fourth-order valence-corrected chi connectivity index (χ4v) is 2.91. The molecule has 3 nitrogen and oxygen atoms in total. The predicted molar refractivity (Wildman–Crippen MR) is 75.6 cm³/mol. The molecule has 0 aromatic heterocycles. The molecule has 0 radical (unpaired) electrons. The van der Waals surface area contributed by atoms with Crippen molar-refractivity contribution in [3.05, 3.63) is 0 Å². The summed E-state index contributed by atoms with van der Waals surface area (Å²) in [6.07, 6.45) is 3.70. The number of rotatable bonds is 7. The van der Waals surface area contributed by atoms with Gasteiger partial charge >= 0.3 is 0 Å². The zero-order valence-corrected chi connectivity index (χ0v) is 12.5. The number of ether oxygens (including phenoxy) is 1. The van der Waals surface area contributed by atoms with E-state index >= 15 is 0 Å². The van der Waals surface area contributed by atoms with Crippen LogP contribution in [0.1, 0.15) is 47.0 Å². The van der Waals surface area contributed by atoms with Crippen LogP contribution >= 0.6 is 0 Å². The van der Waals surface area contributed by atoms with Crippen LogP contribution in [-0.4, -0.2) is 37.0 Å². The van der Waals surface area contributed by atoms with Crippen LogP contribution in [0.25, 0.3) is 0 Å². The molecular weight excluding hydrogens is 226 g/mol. The Morgan fingerprint density at radius 2 is 2.06 bits per heavy atom. The Morgan fingerprint density at radius 3 is 2.67 bits per heavy atom. The molecule has 0 heterocycles. The van der Waals surface area contributed by atoms with Crippen LogP contribution in [0.4, 0.5) is 0 Å². The van der Waals surface area contributed by atoms with Gasteiger partial charge < -0.3 is 15.2 Å². The first-order chi connectivity index (χ1) is 8.54. The highest BCUT2D eigenvalue weighted by molar-refractivity contribution is 4.81. The van der Waals surface area contributed by atoms with Crippen molar-refractivity contribution >= 4 is 0 Å². The summed E-state index contributed by atoms with van der Waals surface area (Å²) in [5.74, 6) is 2.09.